The van der Waals surface area contributed by atoms with Crippen LogP contribution in [0.3, 0.4) is 0 Å². The summed E-state index contributed by atoms with van der Waals surface area (Å²) < 4.78 is 0.116. The highest BCUT2D eigenvalue weighted by Crippen LogP contribution is 2.27. The van der Waals surface area contributed by atoms with Crippen LogP contribution in [0.15, 0.2) is 0 Å². The molecule has 2 N–H and O–H groups in total. The number of aliphatic hydroxyl groups is 2. The molecule has 1 unspecified atom stereocenters. The summed E-state index contributed by atoms with van der Waals surface area (Å²) in [5.74, 6) is -0.134. The summed E-state index contributed by atoms with van der Waals surface area (Å²) in [5, 5.41) is 19.0. The Morgan fingerprint density at radius 1 is 1.24 bits per heavy atom. The van der Waals surface area contributed by atoms with E-state index < -0.39 is 11.8 Å². The Balaban J connectivity index is 4.78. The van der Waals surface area contributed by atoms with Crippen molar-refractivity contribution in [3.63, 3.8) is 0 Å². The molecule has 0 aliphatic carbocycles. The molecular weight excluding hydrogens is 220 g/mol. The van der Waals surface area contributed by atoms with Gasteiger partial charge in [0, 0.05) is 6.42 Å². The van der Waals surface area contributed by atoms with Crippen LogP contribution >= 0.6 is 0 Å². The maximum atomic E-state index is 11.7. The van der Waals surface area contributed by atoms with Crippen molar-refractivity contribution in [2.24, 2.45) is 0 Å². The zero-order valence-electron chi connectivity index (χ0n) is 11.8. The van der Waals surface area contributed by atoms with Crippen LogP contribution in [0.5, 0.6) is 0 Å². The Bertz CT molecular complexity index is 276. The van der Waals surface area contributed by atoms with Gasteiger partial charge in [-0.1, -0.05) is 0 Å². The van der Waals surface area contributed by atoms with Crippen molar-refractivity contribution in [1.82, 2.24) is 0 Å². The molecule has 5 nitrogen and oxygen atoms in total. The van der Waals surface area contributed by atoms with E-state index >= 15 is 0 Å². The fraction of sp³-hybridized carbons (Fsp3) is 0.833. The average molecular weight is 246 g/mol. The summed E-state index contributed by atoms with van der Waals surface area (Å²) in [5.41, 5.74) is -0.801. The fourth-order valence-corrected chi connectivity index (χ4v) is 1.46. The van der Waals surface area contributed by atoms with E-state index in [0.717, 1.165) is 0 Å². The van der Waals surface area contributed by atoms with E-state index in [1.165, 1.54) is 0 Å². The summed E-state index contributed by atoms with van der Waals surface area (Å²) in [6.45, 7) is 1.75. The van der Waals surface area contributed by atoms with Gasteiger partial charge in [-0.25, -0.2) is 4.79 Å². The van der Waals surface area contributed by atoms with Gasteiger partial charge in [0.1, 0.15) is 5.54 Å². The highest BCUT2D eigenvalue weighted by atomic mass is 16.5. The first kappa shape index (κ1) is 16.5. The summed E-state index contributed by atoms with van der Waals surface area (Å²) in [6, 6.07) is 0. The molecule has 5 heteroatoms. The van der Waals surface area contributed by atoms with Gasteiger partial charge in [0.15, 0.2) is 0 Å². The van der Waals surface area contributed by atoms with E-state index in [-0.39, 0.29) is 16.8 Å². The highest BCUT2D eigenvalue weighted by Gasteiger charge is 2.45. The Kier molecular flexibility index (Phi) is 4.87. The van der Waals surface area contributed by atoms with Crippen LogP contribution in [0, 0.1) is 7.05 Å². The van der Waals surface area contributed by atoms with Crippen LogP contribution in [0.25, 0.3) is 0 Å². The molecule has 0 fully saturated rings. The minimum absolute atomic E-state index is 0.134. The molecule has 0 spiro atoms. The third kappa shape index (κ3) is 4.03. The molecule has 1 amide bonds. The number of hydrogen-bond donors (Lipinski definition) is 2. The van der Waals surface area contributed by atoms with Gasteiger partial charge in [0.2, 0.25) is 13.3 Å². The number of quaternary nitrogens is 2. The van der Waals surface area contributed by atoms with Crippen molar-refractivity contribution in [3.05, 3.63) is 7.05 Å². The van der Waals surface area contributed by atoms with Crippen molar-refractivity contribution in [2.75, 3.05) is 35.2 Å². The van der Waals surface area contributed by atoms with E-state index in [4.69, 9.17) is 7.05 Å². The predicted molar refractivity (Wildman–Crippen MR) is 65.3 cm³/mol. The Morgan fingerprint density at radius 3 is 1.88 bits per heavy atom. The Morgan fingerprint density at radius 2 is 1.65 bits per heavy atom. The monoisotopic (exact) mass is 246 g/mol. The number of hydrogen-bond acceptors (Lipinski definition) is 3. The number of aliphatic hydroxyl groups excluding tert-OH is 1. The van der Waals surface area contributed by atoms with Gasteiger partial charge in [-0.2, -0.15) is 0 Å². The van der Waals surface area contributed by atoms with Gasteiger partial charge in [-0.15, -0.1) is 0 Å². The second kappa shape index (κ2) is 5.02. The smallest absolute Gasteiger partial charge is 0.314 e. The highest BCUT2D eigenvalue weighted by molar-refractivity contribution is 5.68. The Hall–Kier alpha value is -0.490. The molecular formula is C12H26N2O3+2. The average Bonchev–Trinajstić information content (AvgIpc) is 2.09. The number of carbonyl (C=O) groups is 1. The summed E-state index contributed by atoms with van der Waals surface area (Å²) in [7, 11) is 14.5. The Labute approximate surface area is 104 Å². The third-order valence-corrected chi connectivity index (χ3v) is 3.58. The van der Waals surface area contributed by atoms with Crippen molar-refractivity contribution in [2.45, 2.75) is 31.6 Å². The molecule has 0 bridgehead atoms. The lowest BCUT2D eigenvalue weighted by Crippen LogP contribution is -2.62. The van der Waals surface area contributed by atoms with Crippen LogP contribution in [0.2, 0.25) is 0 Å². The zero-order chi connectivity index (χ0) is 14.1. The maximum absolute atomic E-state index is 11.7. The van der Waals surface area contributed by atoms with Gasteiger partial charge >= 0.3 is 5.91 Å². The van der Waals surface area contributed by atoms with Crippen molar-refractivity contribution >= 4 is 5.91 Å². The van der Waals surface area contributed by atoms with Crippen LogP contribution in [-0.4, -0.2) is 72.2 Å². The number of amides is 1. The van der Waals surface area contributed by atoms with Crippen LogP contribution in [0.4, 0.5) is 0 Å². The first-order valence-corrected chi connectivity index (χ1v) is 5.66. The van der Waals surface area contributed by atoms with Crippen LogP contribution in [0.1, 0.15) is 19.8 Å². The van der Waals surface area contributed by atoms with E-state index in [1.54, 1.807) is 21.0 Å². The van der Waals surface area contributed by atoms with E-state index in [1.807, 2.05) is 21.1 Å². The van der Waals surface area contributed by atoms with Crippen LogP contribution in [-0.2, 0) is 4.79 Å². The normalized spacial score (nSPS) is 17.1. The lowest BCUT2D eigenvalue weighted by Gasteiger charge is -2.44. The number of likely N-dealkylation sites (N-methyl/N-ethyl adjacent to an activating group) is 1. The number of carbonyl (C=O) groups excluding carboxylic acids is 1. The number of nitrogens with zero attached hydrogens (tertiary/aromatic N) is 2. The topological polar surface area (TPSA) is 57.5 Å². The second-order valence-electron chi connectivity index (χ2n) is 6.18. The maximum Gasteiger partial charge on any atom is 0.314 e. The molecule has 0 aromatic rings. The first-order valence-electron chi connectivity index (χ1n) is 5.66. The SMILES string of the molecule is [CH][N+](C)(C)C(=O)CCC(C)(C(O)O)[N+](C)(C)C. The predicted octanol–water partition coefficient (Wildman–Crippen LogP) is -0.186. The molecule has 0 aliphatic rings. The van der Waals surface area contributed by atoms with Crippen molar-refractivity contribution < 1.29 is 24.0 Å². The summed E-state index contributed by atoms with van der Waals surface area (Å²) >= 11 is 0. The third-order valence-electron chi connectivity index (χ3n) is 3.58. The van der Waals surface area contributed by atoms with E-state index in [2.05, 4.69) is 0 Å². The molecule has 0 rings (SSSR count). The lowest BCUT2D eigenvalue weighted by atomic mass is 9.91. The molecule has 0 heterocycles. The molecule has 0 saturated carbocycles. The van der Waals surface area contributed by atoms with Gasteiger partial charge < -0.3 is 14.7 Å². The van der Waals surface area contributed by atoms with Gasteiger partial charge in [-0.3, -0.25) is 4.48 Å². The second-order valence-corrected chi connectivity index (χ2v) is 6.18. The minimum atomic E-state index is -1.48. The largest absolute Gasteiger partial charge is 0.363 e. The molecule has 100 valence electrons. The quantitative estimate of drug-likeness (QED) is 0.522. The van der Waals surface area contributed by atoms with Crippen LogP contribution < -0.4 is 0 Å². The lowest BCUT2D eigenvalue weighted by molar-refractivity contribution is -0.930. The van der Waals surface area contributed by atoms with E-state index in [9.17, 15) is 15.0 Å². The minimum Gasteiger partial charge on any atom is -0.363 e. The van der Waals surface area contributed by atoms with Crippen molar-refractivity contribution in [1.29, 1.82) is 0 Å². The fourth-order valence-electron chi connectivity index (χ4n) is 1.46. The van der Waals surface area contributed by atoms with Crippen molar-refractivity contribution in [3.8, 4) is 0 Å². The van der Waals surface area contributed by atoms with Gasteiger partial charge in [0.05, 0.1) is 41.7 Å². The summed E-state index contributed by atoms with van der Waals surface area (Å²) in [4.78, 5) is 11.7. The molecule has 0 saturated heterocycles. The zero-order valence-corrected chi connectivity index (χ0v) is 11.8. The van der Waals surface area contributed by atoms with E-state index in [0.29, 0.717) is 10.9 Å². The molecule has 0 aliphatic heterocycles. The molecule has 1 atom stereocenters. The van der Waals surface area contributed by atoms with Gasteiger partial charge in [0.25, 0.3) is 0 Å². The number of rotatable bonds is 5. The van der Waals surface area contributed by atoms with Gasteiger partial charge in [-0.05, 0) is 6.92 Å². The summed E-state index contributed by atoms with van der Waals surface area (Å²) in [6.07, 6.45) is -0.900. The molecule has 0 aromatic carbocycles. The molecule has 2 radical (unpaired) electrons. The standard InChI is InChI=1S/C12H26N2O3/c1-12(11(16)17,14(5,6)7)9-8-10(15)13(2,3)4/h2,11,16-17H,8-9H2,1,3-7H3/q+2. The molecule has 17 heavy (non-hydrogen) atoms. The molecule has 0 aromatic heterocycles. The first-order chi connectivity index (χ1) is 7.32.